The van der Waals surface area contributed by atoms with Crippen LogP contribution in [-0.4, -0.2) is 96.3 Å². The summed E-state index contributed by atoms with van der Waals surface area (Å²) >= 11 is 1.59. The number of carbonyl (C=O) groups excluding carboxylic acids is 1. The average molecular weight is 1230 g/mol. The molecule has 2 aliphatic carbocycles. The minimum Gasteiger partial charge on any atom is -0.396 e. The smallest absolute Gasteiger partial charge is 0.396 e. The molecule has 0 unspecified atom stereocenters. The number of nitrogen functional groups attached to an aromatic ring is 1. The Morgan fingerprint density at radius 2 is 1.04 bits per heavy atom. The first kappa shape index (κ1) is 74.7. The monoisotopic (exact) mass is 1230 g/mol. The van der Waals surface area contributed by atoms with Crippen molar-refractivity contribution in [2.24, 2.45) is 21.8 Å². The third kappa shape index (κ3) is 30.9. The number of nitrogens with two attached hydrogens (primary N) is 1. The number of hydrogen-bond donors (Lipinski definition) is 2. The summed E-state index contributed by atoms with van der Waals surface area (Å²) in [6.45, 7) is 2.04. The van der Waals surface area contributed by atoms with Crippen LogP contribution in [0.4, 0.5) is 109 Å². The number of aryl methyl sites for hydroxylation is 3. The zero-order valence-electron chi connectivity index (χ0n) is 40.0. The van der Waals surface area contributed by atoms with E-state index in [1.807, 2.05) is 0 Å². The van der Waals surface area contributed by atoms with Crippen molar-refractivity contribution in [3.8, 4) is 0 Å². The molecular formula is C49H60F21N5OS3. The molecule has 0 atom stereocenters. The Kier molecular flexibility index (Phi) is 29.5. The number of hydrogen-bond acceptors (Lipinski definition) is 7. The van der Waals surface area contributed by atoms with Gasteiger partial charge in [0, 0.05) is 45.9 Å². The van der Waals surface area contributed by atoms with Gasteiger partial charge in [0.25, 0.3) is 0 Å². The number of nitrogens with one attached hydrogen (secondary N) is 1. The van der Waals surface area contributed by atoms with Crippen molar-refractivity contribution < 1.29 is 97.0 Å². The van der Waals surface area contributed by atoms with E-state index in [-0.39, 0.29) is 97.8 Å². The van der Waals surface area contributed by atoms with Crippen LogP contribution >= 0.6 is 35.3 Å². The fourth-order valence-corrected chi connectivity index (χ4v) is 8.70. The average Bonchev–Trinajstić information content (AvgIpc) is 4.20. The number of carbonyl (C=O) groups is 1. The highest BCUT2D eigenvalue weighted by Crippen LogP contribution is 2.38. The maximum absolute atomic E-state index is 14.1. The molecule has 79 heavy (non-hydrogen) atoms. The van der Waals surface area contributed by atoms with Crippen LogP contribution < -0.4 is 11.1 Å². The molecule has 3 aliphatic rings. The Morgan fingerprint density at radius 3 is 1.47 bits per heavy atom. The quantitative estimate of drug-likeness (QED) is 0.0547. The van der Waals surface area contributed by atoms with Crippen LogP contribution in [0.3, 0.4) is 0 Å². The van der Waals surface area contributed by atoms with Crippen LogP contribution in [0.2, 0.25) is 0 Å². The second kappa shape index (κ2) is 31.2. The Balaban J connectivity index is 0.00000106. The number of benzene rings is 3. The maximum Gasteiger partial charge on any atom is 0.408 e. The van der Waals surface area contributed by atoms with Crippen molar-refractivity contribution in [2.75, 3.05) is 47.9 Å². The van der Waals surface area contributed by atoms with Gasteiger partial charge in [-0.1, -0.05) is 22.3 Å². The molecule has 0 bridgehead atoms. The molecule has 0 spiro atoms. The number of nitrogens with zero attached hydrogens (tertiary/aromatic N) is 3. The van der Waals surface area contributed by atoms with E-state index in [0.29, 0.717) is 76.1 Å². The summed E-state index contributed by atoms with van der Waals surface area (Å²) in [5, 5.41) is 2.53. The van der Waals surface area contributed by atoms with Gasteiger partial charge in [-0.05, 0) is 106 Å². The van der Waals surface area contributed by atoms with Crippen molar-refractivity contribution in [3.63, 3.8) is 0 Å². The molecule has 3 fully saturated rings. The van der Waals surface area contributed by atoms with E-state index in [2.05, 4.69) is 15.3 Å². The van der Waals surface area contributed by atoms with Gasteiger partial charge < -0.3 is 16.0 Å². The first-order valence-corrected chi connectivity index (χ1v) is 25.2. The largest absolute Gasteiger partial charge is 0.408 e. The van der Waals surface area contributed by atoms with Crippen LogP contribution in [0, 0.1) is 50.1 Å². The summed E-state index contributed by atoms with van der Waals surface area (Å²) in [7, 11) is 0. The summed E-state index contributed by atoms with van der Waals surface area (Å²) in [4.78, 5) is 19.9. The van der Waals surface area contributed by atoms with Gasteiger partial charge in [0.05, 0.1) is 35.1 Å². The number of anilines is 2. The lowest BCUT2D eigenvalue weighted by Crippen LogP contribution is -2.35. The molecule has 3 aromatic carbocycles. The van der Waals surface area contributed by atoms with Crippen LogP contribution in [0.15, 0.2) is 61.1 Å². The molecule has 30 heteroatoms. The second-order valence-electron chi connectivity index (χ2n) is 17.3. The van der Waals surface area contributed by atoms with E-state index in [4.69, 9.17) is 5.73 Å². The number of rotatable bonds is 14. The fraction of sp³-hybridized carbons (Fsp3) is 0.571. The van der Waals surface area contributed by atoms with Crippen molar-refractivity contribution in [3.05, 3.63) is 70.5 Å². The molecule has 0 amide bonds. The molecule has 1 saturated heterocycles. The lowest BCUT2D eigenvalue weighted by Gasteiger charge is -2.20. The van der Waals surface area contributed by atoms with Gasteiger partial charge in [-0.25, -0.2) is 18.2 Å². The van der Waals surface area contributed by atoms with Crippen molar-refractivity contribution in [2.45, 2.75) is 146 Å². The Bertz CT molecular complexity index is 2460. The third-order valence-electron chi connectivity index (χ3n) is 10.1. The molecule has 1 heterocycles. The minimum absolute atomic E-state index is 0. The third-order valence-corrected chi connectivity index (χ3v) is 13.8. The standard InChI is InChI=1S/2C15H15F7N2S.C9H9F4NS.C7H9F3O.3CH4/c1-8-4-10(16)11(5-12(8)25-7-15(20,21)22)24-13(9-2-3-9)23-6-14(17,18)19;1-9-5-10(16)11(6-12(9)25-8-15(20,21)22)23-13-3-2-4-24(13)7-14(17,18)19;1-5-2-6(10)7(14)3-8(5)15-4-9(11,12)13;8-7(9,10)4-3-6(11)5-1-2-5;;;/h4-5,9H,2-3,6-7H2,1H3,(H,23,24);5-6H,2-4,7-8H2,1H3;2-3H,4,14H2,1H3;5H,1-4H2;3*1H4. The topological polar surface area (TPSA) is 83.1 Å². The molecule has 0 radical (unpaired) electrons. The Labute approximate surface area is 456 Å². The van der Waals surface area contributed by atoms with Crippen LogP contribution in [0.25, 0.3) is 0 Å². The molecule has 2 saturated carbocycles. The zero-order chi connectivity index (χ0) is 57.8. The van der Waals surface area contributed by atoms with Gasteiger partial charge in [-0.2, -0.15) is 79.0 Å². The number of halogens is 21. The number of Topliss-reactive ketones (excluding diaryl/α,β-unsaturated/α-hetero) is 1. The predicted molar refractivity (Wildman–Crippen MR) is 270 cm³/mol. The van der Waals surface area contributed by atoms with E-state index in [9.17, 15) is 97.0 Å². The maximum atomic E-state index is 14.1. The minimum atomic E-state index is -4.48. The van der Waals surface area contributed by atoms with Gasteiger partial charge >= 0.3 is 37.1 Å². The fourth-order valence-electron chi connectivity index (χ4n) is 6.27. The van der Waals surface area contributed by atoms with E-state index in [0.717, 1.165) is 42.0 Å². The van der Waals surface area contributed by atoms with Gasteiger partial charge in [0.1, 0.15) is 53.7 Å². The normalized spacial score (nSPS) is 15.5. The number of likely N-dealkylation sites (tertiary alicyclic amines) is 1. The van der Waals surface area contributed by atoms with Gasteiger partial charge in [0.2, 0.25) is 0 Å². The molecule has 6 rings (SSSR count). The number of ketones is 1. The first-order chi connectivity index (χ1) is 34.7. The first-order valence-electron chi connectivity index (χ1n) is 22.3. The number of alkyl halides is 18. The van der Waals surface area contributed by atoms with Crippen molar-refractivity contribution in [1.82, 2.24) is 4.90 Å². The molecule has 6 nitrogen and oxygen atoms in total. The van der Waals surface area contributed by atoms with E-state index in [1.54, 1.807) is 6.92 Å². The predicted octanol–water partition coefficient (Wildman–Crippen LogP) is 18.6. The highest BCUT2D eigenvalue weighted by atomic mass is 32.2. The SMILES string of the molecule is C.C.C.Cc1cc(F)c(N)cc1SCC(F)(F)F.Cc1cc(F)c(N=C2CCCN2CC(F)(F)F)cc1SCC(F)(F)F.Cc1cc(F)c(NC(=NCC(F)(F)F)C2CC2)cc1SCC(F)(F)F.O=C(CCC(F)(F)F)C1CC1. The summed E-state index contributed by atoms with van der Waals surface area (Å²) in [5.74, 6) is -5.81. The number of amidine groups is 2. The van der Waals surface area contributed by atoms with Gasteiger partial charge in [-0.15, -0.1) is 35.3 Å². The molecule has 1 aliphatic heterocycles. The lowest BCUT2D eigenvalue weighted by atomic mass is 10.1. The van der Waals surface area contributed by atoms with E-state index < -0.39 is 91.3 Å². The van der Waals surface area contributed by atoms with Crippen molar-refractivity contribution in [1.29, 1.82) is 0 Å². The lowest BCUT2D eigenvalue weighted by molar-refractivity contribution is -0.143. The Hall–Kier alpha value is -4.35. The summed E-state index contributed by atoms with van der Waals surface area (Å²) in [5.41, 5.74) is 5.78. The summed E-state index contributed by atoms with van der Waals surface area (Å²) in [6.07, 6.45) is -23.8. The summed E-state index contributed by atoms with van der Waals surface area (Å²) in [6, 6.07) is 6.77. The van der Waals surface area contributed by atoms with Gasteiger partial charge in [0.15, 0.2) is 0 Å². The summed E-state index contributed by atoms with van der Waals surface area (Å²) < 4.78 is 260. The highest BCUT2D eigenvalue weighted by molar-refractivity contribution is 7.99. The molecule has 0 aromatic heterocycles. The van der Waals surface area contributed by atoms with Crippen LogP contribution in [-0.2, 0) is 4.79 Å². The molecule has 3 aromatic rings. The van der Waals surface area contributed by atoms with Gasteiger partial charge in [-0.3, -0.25) is 9.79 Å². The van der Waals surface area contributed by atoms with Crippen LogP contribution in [0.1, 0.15) is 90.3 Å². The van der Waals surface area contributed by atoms with E-state index >= 15 is 0 Å². The van der Waals surface area contributed by atoms with Crippen molar-refractivity contribution >= 4 is 69.8 Å². The zero-order valence-corrected chi connectivity index (χ0v) is 42.5. The molecule has 3 N–H and O–H groups in total. The Morgan fingerprint density at radius 1 is 0.595 bits per heavy atom. The number of thioether (sulfide) groups is 3. The number of aliphatic imine (C=N–C) groups is 2. The second-order valence-corrected chi connectivity index (χ2v) is 20.3. The highest BCUT2D eigenvalue weighted by Gasteiger charge is 2.36. The van der Waals surface area contributed by atoms with Crippen LogP contribution in [0.5, 0.6) is 0 Å². The van der Waals surface area contributed by atoms with E-state index in [1.165, 1.54) is 26.0 Å². The molecular weight excluding hydrogens is 1170 g/mol. The molecule has 452 valence electrons.